The van der Waals surface area contributed by atoms with Crippen LogP contribution in [-0.4, -0.2) is 70.7 Å². The summed E-state index contributed by atoms with van der Waals surface area (Å²) in [5.41, 5.74) is 2.23. The molecule has 3 rings (SSSR count). The van der Waals surface area contributed by atoms with E-state index in [0.717, 1.165) is 11.3 Å². The third-order valence-corrected chi connectivity index (χ3v) is 4.78. The first kappa shape index (κ1) is 20.3. The van der Waals surface area contributed by atoms with Gasteiger partial charge in [0.15, 0.2) is 5.69 Å². The van der Waals surface area contributed by atoms with Crippen LogP contribution in [0.5, 0.6) is 0 Å². The molecule has 2 N–H and O–H groups in total. The quantitative estimate of drug-likeness (QED) is 0.800. The normalized spacial score (nSPS) is 16.8. The van der Waals surface area contributed by atoms with Crippen LogP contribution in [0.2, 0.25) is 0 Å². The van der Waals surface area contributed by atoms with E-state index >= 15 is 0 Å². The lowest BCUT2D eigenvalue weighted by Gasteiger charge is -2.35. The molecular formula is C18H23F3N6O. The van der Waals surface area contributed by atoms with Crippen molar-refractivity contribution in [1.29, 1.82) is 0 Å². The van der Waals surface area contributed by atoms with Gasteiger partial charge in [0.1, 0.15) is 6.04 Å². The van der Waals surface area contributed by atoms with Crippen molar-refractivity contribution in [1.82, 2.24) is 30.5 Å². The third kappa shape index (κ3) is 4.50. The highest BCUT2D eigenvalue weighted by Crippen LogP contribution is 2.25. The summed E-state index contributed by atoms with van der Waals surface area (Å²) in [5, 5.41) is 13.3. The molecule has 0 radical (unpaired) electrons. The molecule has 1 aromatic heterocycles. The first-order chi connectivity index (χ1) is 13.3. The van der Waals surface area contributed by atoms with Gasteiger partial charge in [-0.1, -0.05) is 17.3 Å². The maximum Gasteiger partial charge on any atom is 0.405 e. The van der Waals surface area contributed by atoms with Crippen molar-refractivity contribution in [2.75, 3.05) is 32.7 Å². The van der Waals surface area contributed by atoms with Crippen LogP contribution >= 0.6 is 0 Å². The standard InChI is InChI=1S/C18H23F3N6O/c1-12-4-3-5-14(10-12)27-13(2)16(24-25-27)17(28)23-11-15(18(19,20)21)26-8-6-22-7-9-26/h3-5,10,15,22H,6-9,11H2,1-2H3,(H,23,28). The number of hydrogen-bond donors (Lipinski definition) is 2. The van der Waals surface area contributed by atoms with E-state index in [1.54, 1.807) is 6.92 Å². The molecule has 28 heavy (non-hydrogen) atoms. The fraction of sp³-hybridized carbons (Fsp3) is 0.500. The lowest BCUT2D eigenvalue weighted by molar-refractivity contribution is -0.183. The van der Waals surface area contributed by atoms with Crippen molar-refractivity contribution < 1.29 is 18.0 Å². The lowest BCUT2D eigenvalue weighted by atomic mass is 10.2. The summed E-state index contributed by atoms with van der Waals surface area (Å²) in [5.74, 6) is -0.666. The van der Waals surface area contributed by atoms with Crippen molar-refractivity contribution in [2.45, 2.75) is 26.1 Å². The highest BCUT2D eigenvalue weighted by atomic mass is 19.4. The van der Waals surface area contributed by atoms with Gasteiger partial charge in [-0.25, -0.2) is 4.68 Å². The van der Waals surface area contributed by atoms with Crippen LogP contribution in [0, 0.1) is 13.8 Å². The van der Waals surface area contributed by atoms with Gasteiger partial charge in [-0.3, -0.25) is 9.69 Å². The van der Waals surface area contributed by atoms with Gasteiger partial charge in [-0.15, -0.1) is 5.10 Å². The Kier molecular flexibility index (Phi) is 5.99. The summed E-state index contributed by atoms with van der Waals surface area (Å²) in [6.07, 6.45) is -4.43. The number of carbonyl (C=O) groups excluding carboxylic acids is 1. The van der Waals surface area contributed by atoms with Crippen molar-refractivity contribution in [3.8, 4) is 5.69 Å². The second-order valence-electron chi connectivity index (χ2n) is 6.83. The second-order valence-corrected chi connectivity index (χ2v) is 6.83. The van der Waals surface area contributed by atoms with Gasteiger partial charge in [0.2, 0.25) is 0 Å². The number of halogens is 3. The second kappa shape index (κ2) is 8.27. The van der Waals surface area contributed by atoms with E-state index in [0.29, 0.717) is 18.8 Å². The average molecular weight is 396 g/mol. The Hall–Kier alpha value is -2.46. The smallest absolute Gasteiger partial charge is 0.349 e. The molecule has 1 atom stereocenters. The number of hydrogen-bond acceptors (Lipinski definition) is 5. The van der Waals surface area contributed by atoms with Gasteiger partial charge >= 0.3 is 6.18 Å². The van der Waals surface area contributed by atoms with Gasteiger partial charge in [0, 0.05) is 32.7 Å². The molecule has 0 spiro atoms. The number of aromatic nitrogens is 3. The predicted octanol–water partition coefficient (Wildman–Crippen LogP) is 1.45. The number of piperazine rings is 1. The molecule has 2 aromatic rings. The fourth-order valence-electron chi connectivity index (χ4n) is 3.26. The van der Waals surface area contributed by atoms with Gasteiger partial charge in [-0.05, 0) is 31.5 Å². The summed E-state index contributed by atoms with van der Waals surface area (Å²) in [4.78, 5) is 13.8. The van der Waals surface area contributed by atoms with E-state index in [2.05, 4.69) is 20.9 Å². The minimum absolute atomic E-state index is 0.0164. The number of nitrogens with one attached hydrogen (secondary N) is 2. The van der Waals surface area contributed by atoms with Crippen molar-refractivity contribution >= 4 is 5.91 Å². The van der Waals surface area contributed by atoms with Crippen LogP contribution in [0.3, 0.4) is 0 Å². The van der Waals surface area contributed by atoms with E-state index in [1.807, 2.05) is 31.2 Å². The lowest BCUT2D eigenvalue weighted by Crippen LogP contribution is -2.57. The number of amides is 1. The topological polar surface area (TPSA) is 75.1 Å². The first-order valence-electron chi connectivity index (χ1n) is 9.06. The minimum Gasteiger partial charge on any atom is -0.349 e. The Morgan fingerprint density at radius 3 is 2.64 bits per heavy atom. The molecular weight excluding hydrogens is 373 g/mol. The highest BCUT2D eigenvalue weighted by Gasteiger charge is 2.44. The van der Waals surface area contributed by atoms with Crippen molar-refractivity contribution in [3.63, 3.8) is 0 Å². The molecule has 1 unspecified atom stereocenters. The molecule has 1 aliphatic heterocycles. The number of rotatable bonds is 5. The zero-order chi connectivity index (χ0) is 20.3. The Morgan fingerprint density at radius 1 is 1.29 bits per heavy atom. The molecule has 1 amide bonds. The molecule has 1 aliphatic rings. The summed E-state index contributed by atoms with van der Waals surface area (Å²) >= 11 is 0. The monoisotopic (exact) mass is 396 g/mol. The van der Waals surface area contributed by atoms with E-state index in [-0.39, 0.29) is 18.8 Å². The number of aryl methyl sites for hydroxylation is 1. The summed E-state index contributed by atoms with van der Waals surface area (Å²) in [7, 11) is 0. The predicted molar refractivity (Wildman–Crippen MR) is 97.5 cm³/mol. The molecule has 0 aliphatic carbocycles. The molecule has 152 valence electrons. The van der Waals surface area contributed by atoms with Gasteiger partial charge in [0.25, 0.3) is 5.91 Å². The van der Waals surface area contributed by atoms with Gasteiger partial charge < -0.3 is 10.6 Å². The number of carbonyl (C=O) groups is 1. The first-order valence-corrected chi connectivity index (χ1v) is 9.06. The average Bonchev–Trinajstić information content (AvgIpc) is 3.03. The molecule has 7 nitrogen and oxygen atoms in total. The number of alkyl halides is 3. The maximum atomic E-state index is 13.5. The molecule has 1 aromatic carbocycles. The van der Waals surface area contributed by atoms with Crippen molar-refractivity contribution in [3.05, 3.63) is 41.2 Å². The van der Waals surface area contributed by atoms with E-state index in [1.165, 1.54) is 9.58 Å². The third-order valence-electron chi connectivity index (χ3n) is 4.78. The summed E-state index contributed by atoms with van der Waals surface area (Å²) in [6, 6.07) is 5.75. The Morgan fingerprint density at radius 2 is 2.00 bits per heavy atom. The van der Waals surface area contributed by atoms with Crippen LogP contribution in [0.1, 0.15) is 21.7 Å². The SMILES string of the molecule is Cc1cccc(-n2nnc(C(=O)NCC(N3CCNCC3)C(F)(F)F)c2C)c1. The summed E-state index contributed by atoms with van der Waals surface area (Å²) < 4.78 is 41.9. The van der Waals surface area contributed by atoms with E-state index < -0.39 is 24.7 Å². The van der Waals surface area contributed by atoms with Crippen molar-refractivity contribution in [2.24, 2.45) is 0 Å². The highest BCUT2D eigenvalue weighted by molar-refractivity contribution is 5.93. The fourth-order valence-corrected chi connectivity index (χ4v) is 3.26. The number of nitrogens with zero attached hydrogens (tertiary/aromatic N) is 4. The largest absolute Gasteiger partial charge is 0.405 e. The van der Waals surface area contributed by atoms with Crippen LogP contribution in [0.4, 0.5) is 13.2 Å². The van der Waals surface area contributed by atoms with Gasteiger partial charge in [-0.2, -0.15) is 13.2 Å². The molecule has 1 saturated heterocycles. The van der Waals surface area contributed by atoms with Crippen LogP contribution in [-0.2, 0) is 0 Å². The van der Waals surface area contributed by atoms with Crippen LogP contribution in [0.15, 0.2) is 24.3 Å². The Labute approximate surface area is 160 Å². The molecule has 2 heterocycles. The van der Waals surface area contributed by atoms with Crippen LogP contribution < -0.4 is 10.6 Å². The Bertz CT molecular complexity index is 829. The van der Waals surface area contributed by atoms with E-state index in [4.69, 9.17) is 0 Å². The molecule has 10 heteroatoms. The molecule has 0 bridgehead atoms. The zero-order valence-electron chi connectivity index (χ0n) is 15.8. The van der Waals surface area contributed by atoms with Crippen LogP contribution in [0.25, 0.3) is 5.69 Å². The molecule has 1 fully saturated rings. The maximum absolute atomic E-state index is 13.5. The Balaban J connectivity index is 1.72. The molecule has 0 saturated carbocycles. The zero-order valence-corrected chi connectivity index (χ0v) is 15.8. The van der Waals surface area contributed by atoms with E-state index in [9.17, 15) is 18.0 Å². The van der Waals surface area contributed by atoms with Gasteiger partial charge in [0.05, 0.1) is 11.4 Å². The number of benzene rings is 1. The minimum atomic E-state index is -4.43. The summed E-state index contributed by atoms with van der Waals surface area (Å²) in [6.45, 7) is 4.60.